The van der Waals surface area contributed by atoms with Gasteiger partial charge in [0.15, 0.2) is 5.69 Å². The third-order valence-electron chi connectivity index (χ3n) is 5.21. The maximum atomic E-state index is 13.3. The second-order valence-electron chi connectivity index (χ2n) is 7.47. The van der Waals surface area contributed by atoms with Gasteiger partial charge in [-0.15, -0.1) is 0 Å². The molecule has 0 saturated carbocycles. The van der Waals surface area contributed by atoms with Crippen LogP contribution in [0.5, 0.6) is 0 Å². The van der Waals surface area contributed by atoms with Gasteiger partial charge in [-0.3, -0.25) is 9.48 Å². The van der Waals surface area contributed by atoms with E-state index < -0.39 is 11.9 Å². The molecule has 2 aliphatic rings. The molecule has 26 heavy (non-hydrogen) atoms. The second-order valence-corrected chi connectivity index (χ2v) is 7.47. The fourth-order valence-electron chi connectivity index (χ4n) is 4.06. The molecule has 1 amide bonds. The van der Waals surface area contributed by atoms with Crippen molar-refractivity contribution in [3.8, 4) is 0 Å². The molecule has 0 aromatic carbocycles. The van der Waals surface area contributed by atoms with Gasteiger partial charge in [-0.25, -0.2) is 0 Å². The van der Waals surface area contributed by atoms with Gasteiger partial charge in [0.25, 0.3) is 0 Å². The smallest absolute Gasteiger partial charge is 0.351 e. The topological polar surface area (TPSA) is 50.2 Å². The minimum Gasteiger partial charge on any atom is -0.351 e. The summed E-state index contributed by atoms with van der Waals surface area (Å²) in [5.74, 6) is -0.278. The third-order valence-corrected chi connectivity index (χ3v) is 5.21. The number of alkyl halides is 3. The first-order valence-corrected chi connectivity index (χ1v) is 9.52. The van der Waals surface area contributed by atoms with Crippen LogP contribution in [0, 0.1) is 0 Å². The lowest BCUT2D eigenvalue weighted by Gasteiger charge is -2.21. The number of aromatic nitrogens is 2. The zero-order valence-corrected chi connectivity index (χ0v) is 15.2. The highest BCUT2D eigenvalue weighted by atomic mass is 19.4. The van der Waals surface area contributed by atoms with Crippen molar-refractivity contribution >= 4 is 5.91 Å². The molecule has 1 aromatic heterocycles. The van der Waals surface area contributed by atoms with Crippen molar-refractivity contribution in [3.05, 3.63) is 17.0 Å². The number of carbonyl (C=O) groups excluding carboxylic acids is 1. The molecule has 8 heteroatoms. The Hall–Kier alpha value is -1.57. The largest absolute Gasteiger partial charge is 0.435 e. The quantitative estimate of drug-likeness (QED) is 0.809. The van der Waals surface area contributed by atoms with Gasteiger partial charge in [-0.1, -0.05) is 6.42 Å². The van der Waals surface area contributed by atoms with Crippen LogP contribution in [0.3, 0.4) is 0 Å². The van der Waals surface area contributed by atoms with Crippen molar-refractivity contribution in [1.82, 2.24) is 20.0 Å². The molecule has 1 atom stereocenters. The summed E-state index contributed by atoms with van der Waals surface area (Å²) < 4.78 is 41.2. The lowest BCUT2D eigenvalue weighted by molar-refractivity contribution is -0.142. The van der Waals surface area contributed by atoms with E-state index in [2.05, 4.69) is 15.3 Å². The molecular formula is C18H27F3N4O. The van der Waals surface area contributed by atoms with Crippen LogP contribution in [0.15, 0.2) is 0 Å². The normalized spacial score (nSPS) is 19.8. The van der Waals surface area contributed by atoms with Gasteiger partial charge >= 0.3 is 6.18 Å². The Morgan fingerprint density at radius 3 is 2.54 bits per heavy atom. The highest BCUT2D eigenvalue weighted by Gasteiger charge is 2.39. The predicted molar refractivity (Wildman–Crippen MR) is 91.8 cm³/mol. The summed E-state index contributed by atoms with van der Waals surface area (Å²) in [7, 11) is 0. The van der Waals surface area contributed by atoms with Crippen LogP contribution in [0.4, 0.5) is 13.2 Å². The van der Waals surface area contributed by atoms with Crippen LogP contribution >= 0.6 is 0 Å². The fraction of sp³-hybridized carbons (Fsp3) is 0.778. The van der Waals surface area contributed by atoms with E-state index >= 15 is 0 Å². The van der Waals surface area contributed by atoms with E-state index in [1.54, 1.807) is 0 Å². The zero-order valence-electron chi connectivity index (χ0n) is 15.2. The van der Waals surface area contributed by atoms with Gasteiger partial charge in [0, 0.05) is 23.8 Å². The van der Waals surface area contributed by atoms with E-state index in [1.165, 1.54) is 17.5 Å². The Balaban J connectivity index is 1.68. The first-order valence-electron chi connectivity index (χ1n) is 9.52. The maximum Gasteiger partial charge on any atom is 0.435 e. The van der Waals surface area contributed by atoms with Crippen molar-refractivity contribution in [2.45, 2.75) is 70.6 Å². The van der Waals surface area contributed by atoms with Gasteiger partial charge in [-0.2, -0.15) is 18.3 Å². The van der Waals surface area contributed by atoms with Crippen LogP contribution < -0.4 is 5.32 Å². The Labute approximate surface area is 151 Å². The molecule has 5 nitrogen and oxygen atoms in total. The van der Waals surface area contributed by atoms with E-state index in [1.807, 2.05) is 6.92 Å². The van der Waals surface area contributed by atoms with Crippen molar-refractivity contribution in [1.29, 1.82) is 0 Å². The van der Waals surface area contributed by atoms with E-state index in [0.29, 0.717) is 18.5 Å². The number of hydrogen-bond donors (Lipinski definition) is 1. The Kier molecular flexibility index (Phi) is 5.89. The van der Waals surface area contributed by atoms with Crippen molar-refractivity contribution in [2.24, 2.45) is 0 Å². The SMILES string of the molecule is C[C@H](CN1CCCC1)NC(=O)Cn1nc(C(F)(F)F)c2c1CCCCC2. The number of halogens is 3. The molecule has 1 N–H and O–H groups in total. The van der Waals surface area contributed by atoms with Crippen LogP contribution in [-0.2, 0) is 30.4 Å². The number of carbonyl (C=O) groups is 1. The number of amides is 1. The molecule has 1 aliphatic carbocycles. The summed E-state index contributed by atoms with van der Waals surface area (Å²) in [4.78, 5) is 14.7. The third kappa shape index (κ3) is 4.58. The summed E-state index contributed by atoms with van der Waals surface area (Å²) in [6, 6.07) is -0.0307. The molecule has 3 rings (SSSR count). The first kappa shape index (κ1) is 19.2. The number of likely N-dealkylation sites (tertiary alicyclic amines) is 1. The van der Waals surface area contributed by atoms with Crippen molar-refractivity contribution < 1.29 is 18.0 Å². The van der Waals surface area contributed by atoms with Crippen LogP contribution in [0.1, 0.15) is 56.0 Å². The monoisotopic (exact) mass is 372 g/mol. The second kappa shape index (κ2) is 7.98. The average molecular weight is 372 g/mol. The molecule has 1 saturated heterocycles. The zero-order chi connectivity index (χ0) is 18.7. The summed E-state index contributed by atoms with van der Waals surface area (Å²) in [5.41, 5.74) is 0.0531. The number of nitrogens with zero attached hydrogens (tertiary/aromatic N) is 3. The van der Waals surface area contributed by atoms with Gasteiger partial charge < -0.3 is 10.2 Å². The molecule has 1 fully saturated rings. The molecular weight excluding hydrogens is 345 g/mol. The predicted octanol–water partition coefficient (Wildman–Crippen LogP) is 2.77. The highest BCUT2D eigenvalue weighted by molar-refractivity contribution is 5.76. The number of hydrogen-bond acceptors (Lipinski definition) is 3. The summed E-state index contributed by atoms with van der Waals surface area (Å²) in [6.45, 7) is 4.64. The van der Waals surface area contributed by atoms with Crippen LogP contribution in [0.25, 0.3) is 0 Å². The first-order chi connectivity index (χ1) is 12.3. The standard InChI is InChI=1S/C18H27F3N4O/c1-13(11-24-9-5-6-10-24)22-16(26)12-25-15-8-4-2-3-7-14(15)17(23-25)18(19,20)21/h13H,2-12H2,1H3,(H,22,26)/t13-/m1/s1. The summed E-state index contributed by atoms with van der Waals surface area (Å²) in [6.07, 6.45) is 1.31. The van der Waals surface area contributed by atoms with Gasteiger partial charge in [-0.05, 0) is 58.5 Å². The Morgan fingerprint density at radius 1 is 1.15 bits per heavy atom. The average Bonchev–Trinajstić information content (AvgIpc) is 3.08. The Bertz CT molecular complexity index is 635. The molecule has 0 spiro atoms. The lowest BCUT2D eigenvalue weighted by atomic mass is 10.1. The molecule has 0 bridgehead atoms. The maximum absolute atomic E-state index is 13.3. The van der Waals surface area contributed by atoms with E-state index in [0.717, 1.165) is 38.9 Å². The van der Waals surface area contributed by atoms with Crippen LogP contribution in [0.2, 0.25) is 0 Å². The van der Waals surface area contributed by atoms with E-state index in [9.17, 15) is 18.0 Å². The van der Waals surface area contributed by atoms with Gasteiger partial charge in [0.05, 0.1) is 0 Å². The van der Waals surface area contributed by atoms with Gasteiger partial charge in [0.1, 0.15) is 6.54 Å². The molecule has 2 heterocycles. The van der Waals surface area contributed by atoms with Crippen LogP contribution in [-0.4, -0.2) is 46.3 Å². The summed E-state index contributed by atoms with van der Waals surface area (Å²) in [5, 5.41) is 6.68. The molecule has 146 valence electrons. The van der Waals surface area contributed by atoms with Crippen molar-refractivity contribution in [2.75, 3.05) is 19.6 Å². The molecule has 1 aliphatic heterocycles. The minimum atomic E-state index is -4.47. The summed E-state index contributed by atoms with van der Waals surface area (Å²) >= 11 is 0. The number of fused-ring (bicyclic) bond motifs is 1. The van der Waals surface area contributed by atoms with E-state index in [4.69, 9.17) is 0 Å². The number of nitrogens with one attached hydrogen (secondary N) is 1. The minimum absolute atomic E-state index is 0.0307. The number of rotatable bonds is 5. The van der Waals surface area contributed by atoms with E-state index in [-0.39, 0.29) is 24.1 Å². The molecule has 1 aromatic rings. The Morgan fingerprint density at radius 2 is 1.85 bits per heavy atom. The fourth-order valence-corrected chi connectivity index (χ4v) is 4.06. The molecule has 0 unspecified atom stereocenters. The van der Waals surface area contributed by atoms with Gasteiger partial charge in [0.2, 0.25) is 5.91 Å². The highest BCUT2D eigenvalue weighted by Crippen LogP contribution is 2.35. The molecule has 0 radical (unpaired) electrons. The lowest BCUT2D eigenvalue weighted by Crippen LogP contribution is -2.42. The van der Waals surface area contributed by atoms with Crippen molar-refractivity contribution in [3.63, 3.8) is 0 Å².